The second-order valence-electron chi connectivity index (χ2n) is 5.28. The van der Waals surface area contributed by atoms with E-state index in [-0.39, 0.29) is 11.3 Å². The van der Waals surface area contributed by atoms with Crippen LogP contribution in [0.4, 0.5) is 0 Å². The molecular formula is C18H14ClNO4. The molecule has 0 radical (unpaired) electrons. The van der Waals surface area contributed by atoms with Crippen LogP contribution < -0.4 is 10.1 Å². The Morgan fingerprint density at radius 3 is 2.29 bits per heavy atom. The summed E-state index contributed by atoms with van der Waals surface area (Å²) in [4.78, 5) is 24.0. The zero-order valence-electron chi connectivity index (χ0n) is 12.7. The highest BCUT2D eigenvalue weighted by atomic mass is 35.5. The summed E-state index contributed by atoms with van der Waals surface area (Å²) in [6.07, 6.45) is 0. The van der Waals surface area contributed by atoms with Crippen LogP contribution in [-0.2, 0) is 9.59 Å². The lowest BCUT2D eigenvalue weighted by Gasteiger charge is -2.14. The van der Waals surface area contributed by atoms with E-state index in [1.807, 2.05) is 0 Å². The molecular weight excluding hydrogens is 330 g/mol. The maximum absolute atomic E-state index is 12.2. The standard InChI is InChI=1S/C18H14ClNO4/c1-24-13-8-4-10(5-9-13)15-14(17(22)18(23)20-15)16(21)11-2-6-12(19)7-3-11/h2-9,15,21H,1H3,(H,20,23)/t15-/m0/s1. The number of benzene rings is 2. The fourth-order valence-electron chi connectivity index (χ4n) is 2.58. The lowest BCUT2D eigenvalue weighted by molar-refractivity contribution is -0.133. The molecule has 5 nitrogen and oxygen atoms in total. The number of aliphatic hydroxyl groups is 1. The minimum atomic E-state index is -0.747. The zero-order valence-corrected chi connectivity index (χ0v) is 13.5. The molecule has 0 unspecified atom stereocenters. The van der Waals surface area contributed by atoms with Crippen molar-refractivity contribution in [1.82, 2.24) is 5.32 Å². The third kappa shape index (κ3) is 2.86. The molecule has 1 aliphatic rings. The second-order valence-corrected chi connectivity index (χ2v) is 5.71. The van der Waals surface area contributed by atoms with Crippen molar-refractivity contribution in [1.29, 1.82) is 0 Å². The highest BCUT2D eigenvalue weighted by molar-refractivity contribution is 6.46. The summed E-state index contributed by atoms with van der Waals surface area (Å²) in [5.74, 6) is -1.08. The number of methoxy groups -OCH3 is 1. The number of ketones is 1. The van der Waals surface area contributed by atoms with Gasteiger partial charge in [0.2, 0.25) is 0 Å². The van der Waals surface area contributed by atoms with Gasteiger partial charge in [-0.05, 0) is 42.0 Å². The van der Waals surface area contributed by atoms with Gasteiger partial charge in [-0.3, -0.25) is 9.59 Å². The van der Waals surface area contributed by atoms with Gasteiger partial charge in [0.05, 0.1) is 18.7 Å². The predicted molar refractivity (Wildman–Crippen MR) is 89.9 cm³/mol. The molecule has 1 fully saturated rings. The second kappa shape index (κ2) is 6.37. The maximum Gasteiger partial charge on any atom is 0.293 e. The minimum Gasteiger partial charge on any atom is -0.507 e. The van der Waals surface area contributed by atoms with E-state index in [0.29, 0.717) is 21.9 Å². The lowest BCUT2D eigenvalue weighted by atomic mass is 9.96. The Hall–Kier alpha value is -2.79. The molecule has 0 spiro atoms. The van der Waals surface area contributed by atoms with Gasteiger partial charge in [0, 0.05) is 10.6 Å². The number of nitrogens with one attached hydrogen (secondary N) is 1. The van der Waals surface area contributed by atoms with Crippen molar-refractivity contribution in [2.75, 3.05) is 7.11 Å². The van der Waals surface area contributed by atoms with Crippen molar-refractivity contribution in [2.24, 2.45) is 0 Å². The smallest absolute Gasteiger partial charge is 0.293 e. The molecule has 0 saturated carbocycles. The third-order valence-electron chi connectivity index (χ3n) is 3.84. The fourth-order valence-corrected chi connectivity index (χ4v) is 2.70. The molecule has 2 aromatic carbocycles. The molecule has 1 aliphatic heterocycles. The molecule has 1 saturated heterocycles. The molecule has 0 bridgehead atoms. The molecule has 3 rings (SSSR count). The summed E-state index contributed by atoms with van der Waals surface area (Å²) in [6.45, 7) is 0. The van der Waals surface area contributed by atoms with E-state index in [9.17, 15) is 14.7 Å². The normalized spacial score (nSPS) is 19.2. The van der Waals surface area contributed by atoms with Crippen molar-refractivity contribution in [3.05, 3.63) is 70.3 Å². The van der Waals surface area contributed by atoms with Crippen molar-refractivity contribution < 1.29 is 19.4 Å². The Labute approximate surface area is 143 Å². The zero-order chi connectivity index (χ0) is 17.3. The van der Waals surface area contributed by atoms with Crippen molar-refractivity contribution >= 4 is 29.1 Å². The molecule has 2 N–H and O–H groups in total. The van der Waals surface area contributed by atoms with E-state index in [0.717, 1.165) is 0 Å². The number of amides is 1. The van der Waals surface area contributed by atoms with Crippen molar-refractivity contribution in [3.63, 3.8) is 0 Å². The molecule has 122 valence electrons. The van der Waals surface area contributed by atoms with Gasteiger partial charge >= 0.3 is 0 Å². The summed E-state index contributed by atoms with van der Waals surface area (Å²) in [7, 11) is 1.55. The number of hydrogen-bond acceptors (Lipinski definition) is 4. The first-order chi connectivity index (χ1) is 11.5. The van der Waals surface area contributed by atoms with E-state index in [1.165, 1.54) is 0 Å². The van der Waals surface area contributed by atoms with Crippen LogP contribution in [0.3, 0.4) is 0 Å². The van der Waals surface area contributed by atoms with Crippen LogP contribution in [0, 0.1) is 0 Å². The number of ether oxygens (including phenoxy) is 1. The largest absolute Gasteiger partial charge is 0.507 e. The number of aliphatic hydroxyl groups excluding tert-OH is 1. The number of carbonyl (C=O) groups is 2. The van der Waals surface area contributed by atoms with Crippen LogP contribution >= 0.6 is 11.6 Å². The van der Waals surface area contributed by atoms with Gasteiger partial charge < -0.3 is 15.2 Å². The summed E-state index contributed by atoms with van der Waals surface area (Å²) < 4.78 is 5.10. The topological polar surface area (TPSA) is 75.6 Å². The van der Waals surface area contributed by atoms with Crippen LogP contribution in [0.5, 0.6) is 5.75 Å². The Kier molecular flexibility index (Phi) is 4.27. The quantitative estimate of drug-likeness (QED) is 0.510. The van der Waals surface area contributed by atoms with Gasteiger partial charge in [0.15, 0.2) is 0 Å². The molecule has 1 heterocycles. The average Bonchev–Trinajstić information content (AvgIpc) is 2.90. The van der Waals surface area contributed by atoms with Gasteiger partial charge in [0.1, 0.15) is 11.5 Å². The summed E-state index contributed by atoms with van der Waals surface area (Å²) in [5.41, 5.74) is 1.11. The van der Waals surface area contributed by atoms with Gasteiger partial charge in [0.25, 0.3) is 11.7 Å². The molecule has 0 aliphatic carbocycles. The molecule has 1 amide bonds. The van der Waals surface area contributed by atoms with E-state index in [4.69, 9.17) is 16.3 Å². The monoisotopic (exact) mass is 343 g/mol. The van der Waals surface area contributed by atoms with E-state index < -0.39 is 17.7 Å². The van der Waals surface area contributed by atoms with E-state index in [1.54, 1.807) is 55.6 Å². The summed E-state index contributed by atoms with van der Waals surface area (Å²) in [5, 5.41) is 13.6. The highest BCUT2D eigenvalue weighted by Crippen LogP contribution is 2.33. The Bertz CT molecular complexity index is 825. The lowest BCUT2D eigenvalue weighted by Crippen LogP contribution is -2.21. The molecule has 6 heteroatoms. The van der Waals surface area contributed by atoms with Crippen LogP contribution in [0.15, 0.2) is 54.1 Å². The first kappa shape index (κ1) is 16.1. The SMILES string of the molecule is COc1ccc([C@@H]2NC(=O)C(=O)C2=C(O)c2ccc(Cl)cc2)cc1. The summed E-state index contributed by atoms with van der Waals surface area (Å²) >= 11 is 5.84. The average molecular weight is 344 g/mol. The summed E-state index contributed by atoms with van der Waals surface area (Å²) in [6, 6.07) is 12.6. The number of halogens is 1. The molecule has 1 atom stereocenters. The minimum absolute atomic E-state index is 0.0208. The molecule has 2 aromatic rings. The highest BCUT2D eigenvalue weighted by Gasteiger charge is 2.39. The van der Waals surface area contributed by atoms with Crippen LogP contribution in [0.25, 0.3) is 5.76 Å². The van der Waals surface area contributed by atoms with Gasteiger partial charge in [-0.25, -0.2) is 0 Å². The van der Waals surface area contributed by atoms with E-state index >= 15 is 0 Å². The first-order valence-electron chi connectivity index (χ1n) is 7.19. The predicted octanol–water partition coefficient (Wildman–Crippen LogP) is 3.06. The van der Waals surface area contributed by atoms with E-state index in [2.05, 4.69) is 5.32 Å². The maximum atomic E-state index is 12.2. The van der Waals surface area contributed by atoms with Crippen molar-refractivity contribution in [3.8, 4) is 5.75 Å². The number of rotatable bonds is 3. The van der Waals surface area contributed by atoms with Crippen LogP contribution in [0.2, 0.25) is 5.02 Å². The van der Waals surface area contributed by atoms with Gasteiger partial charge in [-0.2, -0.15) is 0 Å². The number of carbonyl (C=O) groups excluding carboxylic acids is 2. The Morgan fingerprint density at radius 2 is 1.71 bits per heavy atom. The molecule has 0 aromatic heterocycles. The third-order valence-corrected chi connectivity index (χ3v) is 4.09. The Morgan fingerprint density at radius 1 is 1.08 bits per heavy atom. The van der Waals surface area contributed by atoms with Crippen LogP contribution in [0.1, 0.15) is 17.2 Å². The van der Waals surface area contributed by atoms with Crippen LogP contribution in [-0.4, -0.2) is 23.9 Å². The number of hydrogen-bond donors (Lipinski definition) is 2. The fraction of sp³-hybridized carbons (Fsp3) is 0.111. The molecule has 24 heavy (non-hydrogen) atoms. The van der Waals surface area contributed by atoms with Crippen molar-refractivity contribution in [2.45, 2.75) is 6.04 Å². The Balaban J connectivity index is 2.07. The first-order valence-corrected chi connectivity index (χ1v) is 7.57. The number of Topliss-reactive ketones (excluding diaryl/α,β-unsaturated/α-hetero) is 1. The van der Waals surface area contributed by atoms with Gasteiger partial charge in [-0.1, -0.05) is 23.7 Å². The van der Waals surface area contributed by atoms with Gasteiger partial charge in [-0.15, -0.1) is 0 Å².